The zero-order valence-electron chi connectivity index (χ0n) is 17.2. The maximum atomic E-state index is 12.8. The van der Waals surface area contributed by atoms with Gasteiger partial charge in [-0.25, -0.2) is 4.98 Å². The van der Waals surface area contributed by atoms with Crippen molar-refractivity contribution in [1.82, 2.24) is 14.8 Å². The Labute approximate surface area is 180 Å². The number of rotatable bonds is 5. The van der Waals surface area contributed by atoms with Crippen molar-refractivity contribution in [1.29, 1.82) is 0 Å². The van der Waals surface area contributed by atoms with Gasteiger partial charge in [0.05, 0.1) is 17.2 Å². The van der Waals surface area contributed by atoms with Crippen molar-refractivity contribution in [2.45, 2.75) is 37.6 Å². The van der Waals surface area contributed by atoms with E-state index in [0.717, 1.165) is 32.5 Å². The Morgan fingerprint density at radius 1 is 1.30 bits per heavy atom. The van der Waals surface area contributed by atoms with E-state index in [-0.39, 0.29) is 17.1 Å². The third-order valence-electron chi connectivity index (χ3n) is 6.21. The molecule has 0 radical (unpaired) electrons. The second-order valence-corrected chi connectivity index (χ2v) is 9.20. The third kappa shape index (κ3) is 4.53. The molecule has 0 bridgehead atoms. The molecule has 1 saturated carbocycles. The summed E-state index contributed by atoms with van der Waals surface area (Å²) in [5, 5.41) is 16.3. The van der Waals surface area contributed by atoms with E-state index < -0.39 is 4.92 Å². The molecule has 2 aliphatic rings. The van der Waals surface area contributed by atoms with Gasteiger partial charge in [-0.3, -0.25) is 19.8 Å². The summed E-state index contributed by atoms with van der Waals surface area (Å²) in [4.78, 5) is 32.6. The van der Waals surface area contributed by atoms with Crippen molar-refractivity contribution < 1.29 is 9.72 Å². The van der Waals surface area contributed by atoms with E-state index in [0.29, 0.717) is 22.9 Å². The molecule has 9 heteroatoms. The van der Waals surface area contributed by atoms with Crippen LogP contribution in [-0.4, -0.2) is 64.4 Å². The maximum absolute atomic E-state index is 12.8. The molecule has 1 amide bonds. The van der Waals surface area contributed by atoms with Crippen LogP contribution in [0.25, 0.3) is 11.3 Å². The molecule has 1 aromatic carbocycles. The van der Waals surface area contributed by atoms with Crippen LogP contribution in [0.1, 0.15) is 32.1 Å². The summed E-state index contributed by atoms with van der Waals surface area (Å²) in [6, 6.07) is 6.38. The molecule has 0 unspecified atom stereocenters. The Hall–Kier alpha value is -2.36. The first-order valence-corrected chi connectivity index (χ1v) is 11.3. The van der Waals surface area contributed by atoms with Gasteiger partial charge < -0.3 is 10.2 Å². The minimum atomic E-state index is -0.421. The largest absolute Gasteiger partial charge is 0.303 e. The number of carbonyl (C=O) groups is 1. The van der Waals surface area contributed by atoms with Gasteiger partial charge in [0.2, 0.25) is 5.91 Å². The lowest BCUT2D eigenvalue weighted by molar-refractivity contribution is -0.384. The van der Waals surface area contributed by atoms with Gasteiger partial charge >= 0.3 is 0 Å². The number of nitrogens with one attached hydrogen (secondary N) is 1. The number of likely N-dealkylation sites (N-methyl/N-ethyl adjacent to an activating group) is 1. The highest BCUT2D eigenvalue weighted by Gasteiger charge is 2.42. The summed E-state index contributed by atoms with van der Waals surface area (Å²) in [6.45, 7) is 3.28. The predicted octanol–water partition coefficient (Wildman–Crippen LogP) is 3.61. The Morgan fingerprint density at radius 2 is 2.10 bits per heavy atom. The minimum Gasteiger partial charge on any atom is -0.303 e. The number of nitro benzene ring substituents is 1. The van der Waals surface area contributed by atoms with Crippen LogP contribution in [0.15, 0.2) is 29.6 Å². The van der Waals surface area contributed by atoms with Crippen LogP contribution in [0.3, 0.4) is 0 Å². The highest BCUT2D eigenvalue weighted by molar-refractivity contribution is 7.14. The van der Waals surface area contributed by atoms with E-state index in [1.54, 1.807) is 12.1 Å². The zero-order valence-corrected chi connectivity index (χ0v) is 18.0. The van der Waals surface area contributed by atoms with E-state index >= 15 is 0 Å². The number of nitro groups is 1. The smallest absolute Gasteiger partial charge is 0.270 e. The molecule has 1 aliphatic carbocycles. The van der Waals surface area contributed by atoms with Crippen LogP contribution in [0.4, 0.5) is 10.8 Å². The van der Waals surface area contributed by atoms with E-state index in [4.69, 9.17) is 0 Å². The second kappa shape index (κ2) is 8.79. The average molecular weight is 430 g/mol. The number of benzene rings is 1. The number of aromatic nitrogens is 1. The molecule has 160 valence electrons. The Morgan fingerprint density at radius 3 is 2.87 bits per heavy atom. The van der Waals surface area contributed by atoms with Crippen LogP contribution < -0.4 is 5.32 Å². The molecule has 2 aromatic rings. The quantitative estimate of drug-likeness (QED) is 0.577. The molecule has 8 nitrogen and oxygen atoms in total. The van der Waals surface area contributed by atoms with Crippen LogP contribution in [-0.2, 0) is 4.79 Å². The number of thiazole rings is 1. The van der Waals surface area contributed by atoms with Gasteiger partial charge in [-0.05, 0) is 19.9 Å². The second-order valence-electron chi connectivity index (χ2n) is 8.34. The van der Waals surface area contributed by atoms with Crippen LogP contribution in [0, 0.1) is 10.1 Å². The fourth-order valence-corrected chi connectivity index (χ4v) is 5.45. The zero-order chi connectivity index (χ0) is 21.1. The molecule has 0 atom stereocenters. The van der Waals surface area contributed by atoms with Crippen molar-refractivity contribution in [3.8, 4) is 11.3 Å². The van der Waals surface area contributed by atoms with Gasteiger partial charge in [0.15, 0.2) is 5.13 Å². The summed E-state index contributed by atoms with van der Waals surface area (Å²) in [5.74, 6) is -0.0514. The lowest BCUT2D eigenvalue weighted by Gasteiger charge is -2.52. The van der Waals surface area contributed by atoms with Crippen molar-refractivity contribution in [2.75, 3.05) is 38.5 Å². The Balaban J connectivity index is 1.42. The topological polar surface area (TPSA) is 91.6 Å². The SMILES string of the molecule is CN1CCN(CC(=O)Nc2nc(-c3cccc([N+](=O)[O-])c3)cs2)C2(CCCCC2)C1. The Kier molecular flexibility index (Phi) is 6.12. The summed E-state index contributed by atoms with van der Waals surface area (Å²) in [5.41, 5.74) is 1.43. The van der Waals surface area contributed by atoms with Gasteiger partial charge in [0.25, 0.3) is 5.69 Å². The fraction of sp³-hybridized carbons (Fsp3) is 0.524. The highest BCUT2D eigenvalue weighted by atomic mass is 32.1. The number of amides is 1. The van der Waals surface area contributed by atoms with Crippen LogP contribution in [0.5, 0.6) is 0 Å². The number of nitrogens with zero attached hydrogens (tertiary/aromatic N) is 4. The molecule has 2 heterocycles. The summed E-state index contributed by atoms with van der Waals surface area (Å²) in [7, 11) is 2.17. The summed E-state index contributed by atoms with van der Waals surface area (Å²) >= 11 is 1.34. The molecule has 2 fully saturated rings. The normalized spacial score (nSPS) is 19.6. The minimum absolute atomic E-state index is 0.0268. The maximum Gasteiger partial charge on any atom is 0.270 e. The van der Waals surface area contributed by atoms with Gasteiger partial charge in [0, 0.05) is 48.2 Å². The van der Waals surface area contributed by atoms with Gasteiger partial charge in [0.1, 0.15) is 0 Å². The van der Waals surface area contributed by atoms with E-state index in [9.17, 15) is 14.9 Å². The molecule has 4 rings (SSSR count). The van der Waals surface area contributed by atoms with Crippen LogP contribution in [0.2, 0.25) is 0 Å². The van der Waals surface area contributed by atoms with E-state index in [1.807, 2.05) is 5.38 Å². The molecule has 1 aromatic heterocycles. The first-order valence-electron chi connectivity index (χ1n) is 10.4. The summed E-state index contributed by atoms with van der Waals surface area (Å²) in [6.07, 6.45) is 6.04. The fourth-order valence-electron chi connectivity index (χ4n) is 4.72. The molecular weight excluding hydrogens is 402 g/mol. The number of non-ortho nitro benzene ring substituents is 1. The van der Waals surface area contributed by atoms with Gasteiger partial charge in [-0.15, -0.1) is 11.3 Å². The van der Waals surface area contributed by atoms with E-state index in [1.165, 1.54) is 42.7 Å². The first kappa shape index (κ1) is 20.9. The molecule has 1 N–H and O–H groups in total. The number of piperazine rings is 1. The number of hydrogen-bond donors (Lipinski definition) is 1. The summed E-state index contributed by atoms with van der Waals surface area (Å²) < 4.78 is 0. The highest BCUT2D eigenvalue weighted by Crippen LogP contribution is 2.36. The first-order chi connectivity index (χ1) is 14.4. The van der Waals surface area contributed by atoms with Gasteiger partial charge in [-0.2, -0.15) is 0 Å². The van der Waals surface area contributed by atoms with E-state index in [2.05, 4.69) is 27.1 Å². The Bertz CT molecular complexity index is 925. The number of anilines is 1. The monoisotopic (exact) mass is 429 g/mol. The number of carbonyl (C=O) groups excluding carboxylic acids is 1. The molecule has 1 spiro atoms. The molecular formula is C21H27N5O3S. The molecule has 1 aliphatic heterocycles. The van der Waals surface area contributed by atoms with Gasteiger partial charge in [-0.1, -0.05) is 31.4 Å². The standard InChI is InChI=1S/C21H27N5O3S/c1-24-10-11-25(21(15-24)8-3-2-4-9-21)13-19(27)23-20-22-18(14-30-20)16-6-5-7-17(12-16)26(28)29/h5-7,12,14H,2-4,8-11,13,15H2,1H3,(H,22,23,27). The third-order valence-corrected chi connectivity index (χ3v) is 6.97. The predicted molar refractivity (Wildman–Crippen MR) is 118 cm³/mol. The lowest BCUT2D eigenvalue weighted by atomic mass is 9.78. The number of hydrogen-bond acceptors (Lipinski definition) is 7. The van der Waals surface area contributed by atoms with Crippen molar-refractivity contribution in [3.63, 3.8) is 0 Å². The van der Waals surface area contributed by atoms with Crippen molar-refractivity contribution in [3.05, 3.63) is 39.8 Å². The van der Waals surface area contributed by atoms with Crippen LogP contribution >= 0.6 is 11.3 Å². The average Bonchev–Trinajstić information content (AvgIpc) is 3.19. The molecule has 1 saturated heterocycles. The van der Waals surface area contributed by atoms with Crippen molar-refractivity contribution >= 4 is 28.1 Å². The van der Waals surface area contributed by atoms with Crippen molar-refractivity contribution in [2.24, 2.45) is 0 Å². The molecule has 30 heavy (non-hydrogen) atoms. The lowest BCUT2D eigenvalue weighted by Crippen LogP contribution is -2.63.